The van der Waals surface area contributed by atoms with Crippen LogP contribution in [0, 0.1) is 6.92 Å². The van der Waals surface area contributed by atoms with Crippen LogP contribution in [0.3, 0.4) is 0 Å². The summed E-state index contributed by atoms with van der Waals surface area (Å²) in [4.78, 5) is 15.2. The molecule has 1 heterocycles. The summed E-state index contributed by atoms with van der Waals surface area (Å²) >= 11 is 0. The maximum Gasteiger partial charge on any atom is 0.251 e. The Bertz CT molecular complexity index is 1270. The number of amides is 1. The lowest BCUT2D eigenvalue weighted by Gasteiger charge is -2.34. The summed E-state index contributed by atoms with van der Waals surface area (Å²) in [6.45, 7) is 5.34. The van der Waals surface area contributed by atoms with Crippen LogP contribution in [0.2, 0.25) is 0 Å². The molecule has 1 fully saturated rings. The lowest BCUT2D eigenvalue weighted by atomic mass is 10.1. The van der Waals surface area contributed by atoms with E-state index in [0.29, 0.717) is 49.7 Å². The first kappa shape index (κ1) is 25.9. The molecule has 0 saturated carbocycles. The first-order valence-corrected chi connectivity index (χ1v) is 13.6. The van der Waals surface area contributed by atoms with E-state index < -0.39 is 10.0 Å². The van der Waals surface area contributed by atoms with Crippen LogP contribution in [0.25, 0.3) is 0 Å². The number of aryl methyl sites for hydroxylation is 1. The van der Waals surface area contributed by atoms with Crippen molar-refractivity contribution < 1.29 is 17.9 Å². The topological polar surface area (TPSA) is 79.0 Å². The van der Waals surface area contributed by atoms with Gasteiger partial charge in [0.1, 0.15) is 5.75 Å². The fourth-order valence-corrected chi connectivity index (χ4v) is 5.69. The van der Waals surface area contributed by atoms with E-state index in [2.05, 4.69) is 10.2 Å². The van der Waals surface area contributed by atoms with Crippen LogP contribution >= 0.6 is 0 Å². The zero-order chi connectivity index (χ0) is 25.5. The second-order valence-corrected chi connectivity index (χ2v) is 11.0. The number of piperazine rings is 1. The second kappa shape index (κ2) is 11.7. The van der Waals surface area contributed by atoms with Crippen molar-refractivity contribution in [1.82, 2.24) is 14.5 Å². The average Bonchev–Trinajstić information content (AvgIpc) is 2.90. The molecule has 3 aromatic carbocycles. The third kappa shape index (κ3) is 6.51. The van der Waals surface area contributed by atoms with Gasteiger partial charge in [0.2, 0.25) is 10.0 Å². The number of hydrogen-bond donors (Lipinski definition) is 1. The van der Waals surface area contributed by atoms with Crippen molar-refractivity contribution in [2.45, 2.75) is 24.8 Å². The fourth-order valence-electron chi connectivity index (χ4n) is 4.27. The van der Waals surface area contributed by atoms with E-state index in [1.807, 2.05) is 67.6 Å². The molecule has 1 saturated heterocycles. The van der Waals surface area contributed by atoms with E-state index in [9.17, 15) is 13.2 Å². The molecule has 1 aliphatic heterocycles. The molecule has 0 aromatic heterocycles. The van der Waals surface area contributed by atoms with Gasteiger partial charge >= 0.3 is 0 Å². The number of carbonyl (C=O) groups excluding carboxylic acids is 1. The zero-order valence-electron chi connectivity index (χ0n) is 20.8. The Labute approximate surface area is 213 Å². The zero-order valence-corrected chi connectivity index (χ0v) is 21.6. The van der Waals surface area contributed by atoms with Gasteiger partial charge in [0.25, 0.3) is 5.91 Å². The molecule has 1 N–H and O–H groups in total. The average molecular weight is 508 g/mol. The summed E-state index contributed by atoms with van der Waals surface area (Å²) in [5.41, 5.74) is 3.83. The number of carbonyl (C=O) groups is 1. The van der Waals surface area contributed by atoms with Gasteiger partial charge in [0, 0.05) is 44.8 Å². The highest BCUT2D eigenvalue weighted by Crippen LogP contribution is 2.19. The highest BCUT2D eigenvalue weighted by atomic mass is 32.2. The molecule has 4 rings (SSSR count). The van der Waals surface area contributed by atoms with Gasteiger partial charge in [-0.25, -0.2) is 8.42 Å². The Balaban J connectivity index is 1.27. The first-order chi connectivity index (χ1) is 17.3. The summed E-state index contributed by atoms with van der Waals surface area (Å²) in [5, 5.41) is 2.99. The van der Waals surface area contributed by atoms with Crippen molar-refractivity contribution in [2.24, 2.45) is 0 Å². The highest BCUT2D eigenvalue weighted by molar-refractivity contribution is 7.89. The molecule has 1 amide bonds. The van der Waals surface area contributed by atoms with Gasteiger partial charge in [-0.1, -0.05) is 42.0 Å². The summed E-state index contributed by atoms with van der Waals surface area (Å²) < 4.78 is 32.6. The van der Waals surface area contributed by atoms with Crippen LogP contribution in [0.5, 0.6) is 5.75 Å². The van der Waals surface area contributed by atoms with Gasteiger partial charge in [-0.15, -0.1) is 0 Å². The molecule has 7 nitrogen and oxygen atoms in total. The molecule has 3 aromatic rings. The van der Waals surface area contributed by atoms with Crippen LogP contribution < -0.4 is 10.1 Å². The highest BCUT2D eigenvalue weighted by Gasteiger charge is 2.28. The van der Waals surface area contributed by atoms with E-state index in [1.54, 1.807) is 23.5 Å². The summed E-state index contributed by atoms with van der Waals surface area (Å²) in [6, 6.07) is 22.4. The molecular formula is C28H33N3O4S. The summed E-state index contributed by atoms with van der Waals surface area (Å²) in [6.07, 6.45) is 0.741. The monoisotopic (exact) mass is 507 g/mol. The van der Waals surface area contributed by atoms with Gasteiger partial charge in [0.05, 0.1) is 12.0 Å². The molecule has 190 valence electrons. The molecule has 0 spiro atoms. The standard InChI is InChI=1S/C28H33N3O4S/c1-22-6-12-27(13-7-22)36(33,34)31-18-16-30(17-19-31)21-24-4-3-5-25(20-24)28(32)29-15-14-23-8-10-26(35-2)11-9-23/h3-13,20H,14-19,21H2,1-2H3,(H,29,32). The lowest BCUT2D eigenvalue weighted by Crippen LogP contribution is -2.48. The van der Waals surface area contributed by atoms with Crippen LogP contribution in [-0.4, -0.2) is 63.4 Å². The molecule has 0 unspecified atom stereocenters. The number of hydrogen-bond acceptors (Lipinski definition) is 5. The molecule has 0 atom stereocenters. The van der Waals surface area contributed by atoms with Crippen LogP contribution in [-0.2, 0) is 23.0 Å². The molecule has 0 radical (unpaired) electrons. The minimum atomic E-state index is -3.48. The first-order valence-electron chi connectivity index (χ1n) is 12.1. The van der Waals surface area contributed by atoms with Gasteiger partial charge in [0.15, 0.2) is 0 Å². The van der Waals surface area contributed by atoms with E-state index in [1.165, 1.54) is 0 Å². The SMILES string of the molecule is COc1ccc(CCNC(=O)c2cccc(CN3CCN(S(=O)(=O)c4ccc(C)cc4)CC3)c2)cc1. The van der Waals surface area contributed by atoms with Crippen molar-refractivity contribution in [3.05, 3.63) is 95.1 Å². The number of methoxy groups -OCH3 is 1. The maximum absolute atomic E-state index is 12.9. The Morgan fingerprint density at radius 1 is 0.917 bits per heavy atom. The van der Waals surface area contributed by atoms with E-state index >= 15 is 0 Å². The number of rotatable bonds is 9. The molecule has 0 bridgehead atoms. The normalized spacial score (nSPS) is 14.9. The van der Waals surface area contributed by atoms with Crippen molar-refractivity contribution in [1.29, 1.82) is 0 Å². The second-order valence-electron chi connectivity index (χ2n) is 9.05. The summed E-state index contributed by atoms with van der Waals surface area (Å²) in [5.74, 6) is 0.716. The van der Waals surface area contributed by atoms with Crippen LogP contribution in [0.4, 0.5) is 0 Å². The Hall–Kier alpha value is -3.20. The number of benzene rings is 3. The predicted octanol–water partition coefficient (Wildman–Crippen LogP) is 3.48. The van der Waals surface area contributed by atoms with Crippen molar-refractivity contribution in [3.8, 4) is 5.75 Å². The molecule has 36 heavy (non-hydrogen) atoms. The number of sulfonamides is 1. The minimum absolute atomic E-state index is 0.0978. The van der Waals surface area contributed by atoms with E-state index in [4.69, 9.17) is 4.74 Å². The Morgan fingerprint density at radius 2 is 1.61 bits per heavy atom. The largest absolute Gasteiger partial charge is 0.497 e. The predicted molar refractivity (Wildman–Crippen MR) is 141 cm³/mol. The van der Waals surface area contributed by atoms with E-state index in [-0.39, 0.29) is 5.91 Å². The van der Waals surface area contributed by atoms with Crippen molar-refractivity contribution in [3.63, 3.8) is 0 Å². The summed E-state index contributed by atoms with van der Waals surface area (Å²) in [7, 11) is -1.84. The molecule has 1 aliphatic rings. The van der Waals surface area contributed by atoms with Gasteiger partial charge in [-0.05, 0) is 60.9 Å². The van der Waals surface area contributed by atoms with Crippen molar-refractivity contribution >= 4 is 15.9 Å². The minimum Gasteiger partial charge on any atom is -0.497 e. The number of ether oxygens (including phenoxy) is 1. The molecule has 8 heteroatoms. The molecular weight excluding hydrogens is 474 g/mol. The Morgan fingerprint density at radius 3 is 2.28 bits per heavy atom. The van der Waals surface area contributed by atoms with Crippen LogP contribution in [0.15, 0.2) is 77.7 Å². The van der Waals surface area contributed by atoms with Gasteiger partial charge in [-0.3, -0.25) is 9.69 Å². The number of nitrogens with one attached hydrogen (secondary N) is 1. The van der Waals surface area contributed by atoms with Gasteiger partial charge < -0.3 is 10.1 Å². The van der Waals surface area contributed by atoms with Crippen molar-refractivity contribution in [2.75, 3.05) is 39.8 Å². The Kier molecular flexibility index (Phi) is 8.40. The number of nitrogens with zero attached hydrogens (tertiary/aromatic N) is 2. The third-order valence-electron chi connectivity index (χ3n) is 6.44. The smallest absolute Gasteiger partial charge is 0.251 e. The molecule has 0 aliphatic carbocycles. The third-order valence-corrected chi connectivity index (χ3v) is 8.36. The van der Waals surface area contributed by atoms with Gasteiger partial charge in [-0.2, -0.15) is 4.31 Å². The maximum atomic E-state index is 12.9. The quantitative estimate of drug-likeness (QED) is 0.480. The van der Waals surface area contributed by atoms with Crippen LogP contribution in [0.1, 0.15) is 27.0 Å². The fraction of sp³-hybridized carbons (Fsp3) is 0.321. The lowest BCUT2D eigenvalue weighted by molar-refractivity contribution is 0.0953. The van der Waals surface area contributed by atoms with E-state index in [0.717, 1.165) is 28.9 Å².